The Labute approximate surface area is 164 Å². The summed E-state index contributed by atoms with van der Waals surface area (Å²) in [7, 11) is -4.42. The Kier molecular flexibility index (Phi) is 14.9. The van der Waals surface area contributed by atoms with Gasteiger partial charge in [-0.25, -0.2) is 5.26 Å². The summed E-state index contributed by atoms with van der Waals surface area (Å²) in [4.78, 5) is 4.00. The molecule has 0 aliphatic rings. The highest BCUT2D eigenvalue weighted by atomic mass is 32.2. The van der Waals surface area contributed by atoms with Crippen LogP contribution in [0.25, 0.3) is 0 Å². The molecule has 27 heavy (non-hydrogen) atoms. The van der Waals surface area contributed by atoms with Gasteiger partial charge in [0.25, 0.3) is 10.1 Å². The van der Waals surface area contributed by atoms with Crippen LogP contribution >= 0.6 is 0 Å². The van der Waals surface area contributed by atoms with Crippen molar-refractivity contribution in [3.05, 3.63) is 12.3 Å². The van der Waals surface area contributed by atoms with E-state index < -0.39 is 27.6 Å². The van der Waals surface area contributed by atoms with Gasteiger partial charge in [-0.3, -0.25) is 4.55 Å². The Bertz CT molecular complexity index is 478. The van der Waals surface area contributed by atoms with Crippen LogP contribution in [0.1, 0.15) is 90.4 Å². The quantitative estimate of drug-likeness (QED) is 0.0883. The van der Waals surface area contributed by atoms with Crippen LogP contribution in [0.3, 0.4) is 0 Å². The highest BCUT2D eigenvalue weighted by Gasteiger charge is 2.34. The zero-order valence-corrected chi connectivity index (χ0v) is 17.4. The van der Waals surface area contributed by atoms with Gasteiger partial charge in [-0.05, 0) is 19.3 Å². The summed E-state index contributed by atoms with van der Waals surface area (Å²) in [5.41, 5.74) is 0. The van der Waals surface area contributed by atoms with Gasteiger partial charge in [-0.15, -0.1) is 0 Å². The maximum Gasteiger partial charge on any atom is 0.270 e. The van der Waals surface area contributed by atoms with Gasteiger partial charge in [0.05, 0.1) is 12.2 Å². The lowest BCUT2D eigenvalue weighted by Gasteiger charge is -2.24. The molecule has 3 unspecified atom stereocenters. The number of aliphatic hydroxyl groups excluding tert-OH is 2. The molecular weight excluding hydrogens is 372 g/mol. The highest BCUT2D eigenvalue weighted by Crippen LogP contribution is 2.20. The van der Waals surface area contributed by atoms with Gasteiger partial charge in [0.2, 0.25) is 0 Å². The van der Waals surface area contributed by atoms with Crippen molar-refractivity contribution in [2.45, 2.75) is 108 Å². The van der Waals surface area contributed by atoms with Gasteiger partial charge in [0, 0.05) is 6.42 Å². The molecule has 162 valence electrons. The number of hydrogen-bond acceptors (Lipinski definition) is 6. The molecule has 0 saturated carbocycles. The first kappa shape index (κ1) is 26.3. The van der Waals surface area contributed by atoms with Crippen LogP contribution < -0.4 is 0 Å². The average molecular weight is 411 g/mol. The van der Waals surface area contributed by atoms with Crippen LogP contribution in [0, 0.1) is 0 Å². The predicted octanol–water partition coefficient (Wildman–Crippen LogP) is 4.06. The van der Waals surface area contributed by atoms with Crippen LogP contribution in [-0.2, 0) is 15.0 Å². The van der Waals surface area contributed by atoms with Crippen molar-refractivity contribution in [3.63, 3.8) is 0 Å². The zero-order valence-electron chi connectivity index (χ0n) is 16.6. The Morgan fingerprint density at radius 3 is 2.00 bits per heavy atom. The van der Waals surface area contributed by atoms with Crippen molar-refractivity contribution in [3.8, 4) is 0 Å². The van der Waals surface area contributed by atoms with E-state index >= 15 is 0 Å². The number of hydrogen-bond donors (Lipinski definition) is 4. The van der Waals surface area contributed by atoms with E-state index in [-0.39, 0.29) is 12.8 Å². The minimum Gasteiger partial charge on any atom is -0.390 e. The monoisotopic (exact) mass is 410 g/mol. The number of allylic oxidation sites excluding steroid dienone is 1. The summed E-state index contributed by atoms with van der Waals surface area (Å²) in [6.07, 6.45) is 7.11. The van der Waals surface area contributed by atoms with E-state index in [1.165, 1.54) is 0 Å². The van der Waals surface area contributed by atoms with Crippen LogP contribution in [0.2, 0.25) is 0 Å². The lowest BCUT2D eigenvalue weighted by atomic mass is 9.99. The maximum absolute atomic E-state index is 11.6. The molecule has 7 nitrogen and oxygen atoms in total. The van der Waals surface area contributed by atoms with Crippen LogP contribution in [0.15, 0.2) is 12.3 Å². The summed E-state index contributed by atoms with van der Waals surface area (Å²) >= 11 is 0. The fourth-order valence-electron chi connectivity index (χ4n) is 3.12. The fourth-order valence-corrected chi connectivity index (χ4v) is 4.11. The van der Waals surface area contributed by atoms with Crippen LogP contribution in [0.5, 0.6) is 0 Å². The predicted molar refractivity (Wildman–Crippen MR) is 106 cm³/mol. The van der Waals surface area contributed by atoms with Crippen molar-refractivity contribution in [1.29, 1.82) is 0 Å². The number of unbranched alkanes of at least 4 members (excludes halogenated alkanes) is 8. The Morgan fingerprint density at radius 2 is 1.44 bits per heavy atom. The Balaban J connectivity index is 4.21. The second-order valence-electron chi connectivity index (χ2n) is 7.25. The molecule has 0 aromatic carbocycles. The van der Waals surface area contributed by atoms with E-state index in [1.807, 2.05) is 0 Å². The van der Waals surface area contributed by atoms with Gasteiger partial charge in [0.15, 0.2) is 0 Å². The van der Waals surface area contributed by atoms with E-state index in [1.54, 1.807) is 0 Å². The van der Waals surface area contributed by atoms with Gasteiger partial charge in [0.1, 0.15) is 11.0 Å². The largest absolute Gasteiger partial charge is 0.390 e. The van der Waals surface area contributed by atoms with E-state index in [0.717, 1.165) is 51.4 Å². The number of aliphatic hydroxyl groups is 2. The van der Waals surface area contributed by atoms with Crippen molar-refractivity contribution in [2.75, 3.05) is 0 Å². The van der Waals surface area contributed by atoms with E-state index in [2.05, 4.69) is 18.4 Å². The molecule has 0 rings (SSSR count). The van der Waals surface area contributed by atoms with Crippen molar-refractivity contribution < 1.29 is 33.3 Å². The first-order valence-electron chi connectivity index (χ1n) is 10.1. The molecule has 0 aliphatic heterocycles. The van der Waals surface area contributed by atoms with Crippen molar-refractivity contribution in [1.82, 2.24) is 0 Å². The number of rotatable bonds is 18. The van der Waals surface area contributed by atoms with Gasteiger partial charge in [-0.2, -0.15) is 8.42 Å². The first-order valence-corrected chi connectivity index (χ1v) is 11.6. The Hall–Kier alpha value is -0.670. The third kappa shape index (κ3) is 13.2. The van der Waals surface area contributed by atoms with Gasteiger partial charge in [-0.1, -0.05) is 71.3 Å². The summed E-state index contributed by atoms with van der Waals surface area (Å²) in [5.74, 6) is 0.302. The van der Waals surface area contributed by atoms with E-state index in [4.69, 9.17) is 5.26 Å². The molecular formula is C19H38O7S. The molecule has 0 amide bonds. The van der Waals surface area contributed by atoms with Crippen molar-refractivity contribution in [2.24, 2.45) is 0 Å². The highest BCUT2D eigenvalue weighted by molar-refractivity contribution is 7.86. The molecule has 0 fully saturated rings. The van der Waals surface area contributed by atoms with Crippen molar-refractivity contribution >= 4 is 10.1 Å². The molecule has 0 bridgehead atoms. The maximum atomic E-state index is 11.6. The van der Waals surface area contributed by atoms with E-state index in [9.17, 15) is 23.2 Å². The topological polar surface area (TPSA) is 124 Å². The van der Waals surface area contributed by atoms with Gasteiger partial charge >= 0.3 is 0 Å². The molecule has 0 aromatic heterocycles. The zero-order chi connectivity index (χ0) is 20.7. The molecule has 8 heteroatoms. The van der Waals surface area contributed by atoms with Crippen LogP contribution in [0.4, 0.5) is 0 Å². The molecule has 0 radical (unpaired) electrons. The molecule has 0 aliphatic carbocycles. The summed E-state index contributed by atoms with van der Waals surface area (Å²) in [6, 6.07) is 0. The first-order chi connectivity index (χ1) is 12.7. The lowest BCUT2D eigenvalue weighted by molar-refractivity contribution is -0.205. The fraction of sp³-hybridized carbons (Fsp3) is 0.895. The Morgan fingerprint density at radius 1 is 0.926 bits per heavy atom. The third-order valence-electron chi connectivity index (χ3n) is 4.83. The minimum atomic E-state index is -4.42. The molecule has 0 spiro atoms. The van der Waals surface area contributed by atoms with E-state index in [0.29, 0.717) is 25.0 Å². The second kappa shape index (κ2) is 15.3. The lowest BCUT2D eigenvalue weighted by Crippen LogP contribution is -2.42. The standard InChI is InChI=1S/C19H38O7S/c1-3-4-5-6-7-12-15-18(27(23,24)25)19(21)17(20)14-11-9-8-10-13-16(2)26-22/h17-22H,2-15H2,1H3,(H,23,24,25). The smallest absolute Gasteiger partial charge is 0.270 e. The summed E-state index contributed by atoms with van der Waals surface area (Å²) in [6.45, 7) is 5.62. The molecule has 4 N–H and O–H groups in total. The molecule has 0 saturated heterocycles. The molecule has 0 aromatic rings. The van der Waals surface area contributed by atoms with Gasteiger partial charge < -0.3 is 15.1 Å². The normalized spacial score (nSPS) is 15.3. The molecule has 3 atom stereocenters. The summed E-state index contributed by atoms with van der Waals surface area (Å²) in [5, 5.41) is 27.4. The third-order valence-corrected chi connectivity index (χ3v) is 6.11. The molecule has 0 heterocycles. The summed E-state index contributed by atoms with van der Waals surface area (Å²) < 4.78 is 32.6. The van der Waals surface area contributed by atoms with Crippen LogP contribution in [-0.4, -0.2) is 45.9 Å². The average Bonchev–Trinajstić information content (AvgIpc) is 2.61. The SMILES string of the molecule is C=C(CCCCCCC(O)C(O)C(CCCCCCCC)S(=O)(=O)O)OO. The second-order valence-corrected chi connectivity index (χ2v) is 8.89. The minimum absolute atomic E-state index is 0.145.